The summed E-state index contributed by atoms with van der Waals surface area (Å²) in [6, 6.07) is 11.1. The van der Waals surface area contributed by atoms with Crippen molar-refractivity contribution in [3.8, 4) is 0 Å². The van der Waals surface area contributed by atoms with Gasteiger partial charge in [-0.05, 0) is 24.3 Å². The number of nitrogens with zero attached hydrogens (tertiary/aromatic N) is 5. The summed E-state index contributed by atoms with van der Waals surface area (Å²) in [7, 11) is 0. The predicted octanol–water partition coefficient (Wildman–Crippen LogP) is 2.05. The number of hydrogen-bond donors (Lipinski definition) is 0. The second-order valence-electron chi connectivity index (χ2n) is 8.60. The van der Waals surface area contributed by atoms with E-state index in [4.69, 9.17) is 9.72 Å². The number of morpholine rings is 1. The van der Waals surface area contributed by atoms with Crippen LogP contribution in [0.3, 0.4) is 0 Å². The van der Waals surface area contributed by atoms with Gasteiger partial charge in [0.1, 0.15) is 11.5 Å². The monoisotopic (exact) mass is 407 g/mol. The molecule has 30 heavy (non-hydrogen) atoms. The Hall–Kier alpha value is -2.51. The molecule has 0 radical (unpaired) electrons. The van der Waals surface area contributed by atoms with Crippen LogP contribution in [0.5, 0.6) is 0 Å². The van der Waals surface area contributed by atoms with Gasteiger partial charge in [-0.2, -0.15) is 0 Å². The topological polar surface area (TPSA) is 61.8 Å². The molecule has 2 aromatic rings. The quantitative estimate of drug-likeness (QED) is 0.773. The largest absolute Gasteiger partial charge is 0.378 e. The van der Waals surface area contributed by atoms with Crippen LogP contribution in [0.2, 0.25) is 0 Å². The number of piperidine rings is 1. The van der Waals surface area contributed by atoms with Crippen LogP contribution in [-0.2, 0) is 11.3 Å². The van der Waals surface area contributed by atoms with E-state index >= 15 is 0 Å². The lowest BCUT2D eigenvalue weighted by molar-refractivity contribution is 0.0298. The molecule has 1 aromatic heterocycles. The fourth-order valence-electron chi connectivity index (χ4n) is 4.96. The molecule has 0 spiro atoms. The molecular formula is C23H29N5O2. The first-order chi connectivity index (χ1) is 14.8. The van der Waals surface area contributed by atoms with Crippen LogP contribution in [0.25, 0.3) is 0 Å². The summed E-state index contributed by atoms with van der Waals surface area (Å²) in [5.74, 6) is 1.41. The van der Waals surface area contributed by atoms with E-state index in [1.165, 1.54) is 18.4 Å². The molecular weight excluding hydrogens is 378 g/mol. The van der Waals surface area contributed by atoms with Gasteiger partial charge in [-0.25, -0.2) is 4.98 Å². The summed E-state index contributed by atoms with van der Waals surface area (Å²) in [5.41, 5.74) is 1.80. The van der Waals surface area contributed by atoms with Crippen LogP contribution in [0.4, 0.5) is 5.82 Å². The van der Waals surface area contributed by atoms with E-state index in [2.05, 4.69) is 45.1 Å². The van der Waals surface area contributed by atoms with Crippen molar-refractivity contribution in [2.24, 2.45) is 5.92 Å². The highest BCUT2D eigenvalue weighted by Crippen LogP contribution is 2.31. The minimum atomic E-state index is -0.0432. The molecule has 0 unspecified atom stereocenters. The van der Waals surface area contributed by atoms with Crippen LogP contribution < -0.4 is 4.90 Å². The van der Waals surface area contributed by atoms with Gasteiger partial charge in [0.05, 0.1) is 25.6 Å². The number of hydrogen-bond acceptors (Lipinski definition) is 6. The maximum atomic E-state index is 12.9. The zero-order valence-electron chi connectivity index (χ0n) is 17.3. The fourth-order valence-corrected chi connectivity index (χ4v) is 4.96. The number of fused-ring (bicyclic) bond motifs is 4. The van der Waals surface area contributed by atoms with Crippen molar-refractivity contribution in [1.29, 1.82) is 0 Å². The van der Waals surface area contributed by atoms with E-state index in [1.807, 2.05) is 11.1 Å². The molecule has 4 aliphatic heterocycles. The fraction of sp³-hybridized carbons (Fsp3) is 0.522. The summed E-state index contributed by atoms with van der Waals surface area (Å²) >= 11 is 0. The van der Waals surface area contributed by atoms with Crippen molar-refractivity contribution in [2.75, 3.05) is 50.8 Å². The molecule has 6 rings (SSSR count). The first kappa shape index (κ1) is 19.5. The lowest BCUT2D eigenvalue weighted by Crippen LogP contribution is -2.45. The van der Waals surface area contributed by atoms with Crippen LogP contribution in [0.15, 0.2) is 42.7 Å². The number of carbonyl (C=O) groups excluding carboxylic acids is 1. The average molecular weight is 408 g/mol. The Morgan fingerprint density at radius 2 is 1.87 bits per heavy atom. The minimum absolute atomic E-state index is 0.0432. The lowest BCUT2D eigenvalue weighted by atomic mass is 9.95. The standard InChI is InChI=1S/C23H29N5O2/c29-23(27-8-10-30-11-9-27)21-12-24-13-22(25-21)28-16-19-6-7-20(28)17-26(15-19)14-18-4-2-1-3-5-18/h1-5,12-13,19-20H,6-11,14-17H2/t19-,20+/m1/s1. The van der Waals surface area contributed by atoms with Gasteiger partial charge in [-0.1, -0.05) is 30.3 Å². The number of rotatable bonds is 4. The third kappa shape index (κ3) is 4.18. The molecule has 4 fully saturated rings. The highest BCUT2D eigenvalue weighted by molar-refractivity contribution is 5.92. The van der Waals surface area contributed by atoms with Crippen molar-refractivity contribution in [2.45, 2.75) is 25.4 Å². The Morgan fingerprint density at radius 1 is 1.03 bits per heavy atom. The molecule has 1 amide bonds. The lowest BCUT2D eigenvalue weighted by Gasteiger charge is -2.37. The number of anilines is 1. The molecule has 0 saturated carbocycles. The SMILES string of the molecule is O=C(c1cncc(N2C[C@@H]3CC[C@H]2CN(Cc2ccccc2)C3)n1)N1CCOCC1. The van der Waals surface area contributed by atoms with E-state index in [0.29, 0.717) is 44.0 Å². The van der Waals surface area contributed by atoms with Crippen LogP contribution in [0, 0.1) is 5.92 Å². The Kier molecular flexibility index (Phi) is 5.64. The maximum absolute atomic E-state index is 12.9. The van der Waals surface area contributed by atoms with Gasteiger partial charge in [-0.3, -0.25) is 14.7 Å². The molecule has 2 bridgehead atoms. The highest BCUT2D eigenvalue weighted by atomic mass is 16.5. The molecule has 2 atom stereocenters. The molecule has 4 saturated heterocycles. The summed E-state index contributed by atoms with van der Waals surface area (Å²) in [4.78, 5) is 28.8. The van der Waals surface area contributed by atoms with Crippen molar-refractivity contribution >= 4 is 11.7 Å². The van der Waals surface area contributed by atoms with Gasteiger partial charge >= 0.3 is 0 Å². The van der Waals surface area contributed by atoms with Gasteiger partial charge in [0.2, 0.25) is 0 Å². The summed E-state index contributed by atoms with van der Waals surface area (Å²) in [6.07, 6.45) is 5.84. The highest BCUT2D eigenvalue weighted by Gasteiger charge is 2.36. The van der Waals surface area contributed by atoms with E-state index in [-0.39, 0.29) is 5.91 Å². The number of benzene rings is 1. The number of carbonyl (C=O) groups is 1. The molecule has 158 valence electrons. The zero-order valence-corrected chi connectivity index (χ0v) is 17.3. The van der Waals surface area contributed by atoms with E-state index in [1.54, 1.807) is 6.20 Å². The van der Waals surface area contributed by atoms with Crippen LogP contribution in [-0.4, -0.2) is 77.7 Å². The van der Waals surface area contributed by atoms with Gasteiger partial charge in [0.25, 0.3) is 5.91 Å². The second kappa shape index (κ2) is 8.70. The third-order valence-corrected chi connectivity index (χ3v) is 6.47. The van der Waals surface area contributed by atoms with Crippen molar-refractivity contribution in [3.05, 3.63) is 54.0 Å². The normalized spacial score (nSPS) is 24.7. The van der Waals surface area contributed by atoms with Gasteiger partial charge in [0.15, 0.2) is 0 Å². The van der Waals surface area contributed by atoms with Gasteiger partial charge in [0, 0.05) is 45.3 Å². The first-order valence-corrected chi connectivity index (χ1v) is 11.0. The predicted molar refractivity (Wildman–Crippen MR) is 114 cm³/mol. The smallest absolute Gasteiger partial charge is 0.274 e. The molecule has 4 aliphatic rings. The first-order valence-electron chi connectivity index (χ1n) is 11.0. The second-order valence-corrected chi connectivity index (χ2v) is 8.60. The summed E-state index contributed by atoms with van der Waals surface area (Å²) < 4.78 is 5.36. The Balaban J connectivity index is 1.32. The summed E-state index contributed by atoms with van der Waals surface area (Å²) in [6.45, 7) is 6.53. The number of aromatic nitrogens is 2. The third-order valence-electron chi connectivity index (χ3n) is 6.47. The van der Waals surface area contributed by atoms with Gasteiger partial charge in [-0.15, -0.1) is 0 Å². The molecule has 7 heteroatoms. The molecule has 0 N–H and O–H groups in total. The van der Waals surface area contributed by atoms with E-state index in [9.17, 15) is 4.79 Å². The summed E-state index contributed by atoms with van der Waals surface area (Å²) in [5, 5.41) is 0. The molecule has 7 nitrogen and oxygen atoms in total. The van der Waals surface area contributed by atoms with E-state index in [0.717, 1.165) is 32.0 Å². The molecule has 1 aromatic carbocycles. The van der Waals surface area contributed by atoms with E-state index < -0.39 is 0 Å². The molecule has 5 heterocycles. The Bertz CT molecular complexity index is 871. The van der Waals surface area contributed by atoms with Crippen molar-refractivity contribution in [1.82, 2.24) is 19.8 Å². The number of amides is 1. The number of ether oxygens (including phenoxy) is 1. The van der Waals surface area contributed by atoms with Crippen LogP contribution >= 0.6 is 0 Å². The maximum Gasteiger partial charge on any atom is 0.274 e. The zero-order chi connectivity index (χ0) is 20.3. The Labute approximate surface area is 177 Å². The van der Waals surface area contributed by atoms with Crippen LogP contribution in [0.1, 0.15) is 28.9 Å². The minimum Gasteiger partial charge on any atom is -0.378 e. The Morgan fingerprint density at radius 3 is 2.70 bits per heavy atom. The molecule has 0 aliphatic carbocycles. The van der Waals surface area contributed by atoms with Crippen molar-refractivity contribution in [3.63, 3.8) is 0 Å². The van der Waals surface area contributed by atoms with Crippen molar-refractivity contribution < 1.29 is 9.53 Å². The van der Waals surface area contributed by atoms with Gasteiger partial charge < -0.3 is 14.5 Å². The average Bonchev–Trinajstić information content (AvgIpc) is 3.11.